The zero-order valence-electron chi connectivity index (χ0n) is 10.6. The number of hydrogen-bond acceptors (Lipinski definition) is 4. The van der Waals surface area contributed by atoms with E-state index in [1.807, 2.05) is 12.1 Å². The molecule has 3 N–H and O–H groups in total. The van der Waals surface area contributed by atoms with Gasteiger partial charge in [0, 0.05) is 6.04 Å². The molecule has 1 unspecified atom stereocenters. The zero-order chi connectivity index (χ0) is 12.8. The molecule has 0 fully saturated rings. The number of nitrogens with one attached hydrogen (secondary N) is 1. The van der Waals surface area contributed by atoms with E-state index in [-0.39, 0.29) is 0 Å². The Balaban J connectivity index is 2.48. The SMILES string of the molecule is CC(CCN(C)C)Nc1ccc(C(N)=S)nc1. The monoisotopic (exact) mass is 252 g/mol. The lowest BCUT2D eigenvalue weighted by Gasteiger charge is -2.17. The van der Waals surface area contributed by atoms with Crippen LogP contribution in [0.25, 0.3) is 0 Å². The number of anilines is 1. The highest BCUT2D eigenvalue weighted by Crippen LogP contribution is 2.09. The van der Waals surface area contributed by atoms with Crippen LogP contribution in [0, 0.1) is 0 Å². The Hall–Kier alpha value is -1.20. The van der Waals surface area contributed by atoms with E-state index in [1.165, 1.54) is 0 Å². The van der Waals surface area contributed by atoms with E-state index in [1.54, 1.807) is 6.20 Å². The molecule has 1 aromatic heterocycles. The van der Waals surface area contributed by atoms with E-state index in [4.69, 9.17) is 18.0 Å². The van der Waals surface area contributed by atoms with Gasteiger partial charge in [0.15, 0.2) is 0 Å². The first-order chi connectivity index (χ1) is 7.99. The van der Waals surface area contributed by atoms with Crippen molar-refractivity contribution in [3.8, 4) is 0 Å². The molecule has 1 atom stereocenters. The van der Waals surface area contributed by atoms with Gasteiger partial charge in [-0.15, -0.1) is 0 Å². The second-order valence-electron chi connectivity index (χ2n) is 4.43. The topological polar surface area (TPSA) is 54.2 Å². The molecule has 17 heavy (non-hydrogen) atoms. The first kappa shape index (κ1) is 13.9. The fourth-order valence-corrected chi connectivity index (χ4v) is 1.55. The van der Waals surface area contributed by atoms with Gasteiger partial charge in [-0.1, -0.05) is 12.2 Å². The molecule has 0 amide bonds. The number of rotatable bonds is 6. The highest BCUT2D eigenvalue weighted by molar-refractivity contribution is 7.80. The Morgan fingerprint density at radius 2 is 2.24 bits per heavy atom. The van der Waals surface area contributed by atoms with Crippen LogP contribution >= 0.6 is 12.2 Å². The molecular weight excluding hydrogens is 232 g/mol. The molecule has 0 aliphatic rings. The highest BCUT2D eigenvalue weighted by atomic mass is 32.1. The summed E-state index contributed by atoms with van der Waals surface area (Å²) in [5.74, 6) is 0. The maximum Gasteiger partial charge on any atom is 0.122 e. The molecule has 0 spiro atoms. The first-order valence-corrected chi connectivity index (χ1v) is 6.07. The second kappa shape index (κ2) is 6.51. The Kier molecular flexibility index (Phi) is 5.31. The van der Waals surface area contributed by atoms with E-state index in [0.29, 0.717) is 16.7 Å². The van der Waals surface area contributed by atoms with Crippen molar-refractivity contribution in [2.75, 3.05) is 26.0 Å². The Labute approximate surface area is 108 Å². The standard InChI is InChI=1S/C12H20N4S/c1-9(6-7-16(2)3)15-10-4-5-11(12(13)17)14-8-10/h4-5,8-9,15H,6-7H2,1-3H3,(H2,13,17). The maximum atomic E-state index is 5.49. The second-order valence-corrected chi connectivity index (χ2v) is 4.87. The van der Waals surface area contributed by atoms with Gasteiger partial charge in [-0.3, -0.25) is 4.98 Å². The largest absolute Gasteiger partial charge is 0.388 e. The van der Waals surface area contributed by atoms with Crippen LogP contribution in [0.2, 0.25) is 0 Å². The molecule has 0 saturated heterocycles. The molecule has 0 saturated carbocycles. The van der Waals surface area contributed by atoms with Gasteiger partial charge < -0.3 is 16.0 Å². The van der Waals surface area contributed by atoms with E-state index in [0.717, 1.165) is 18.7 Å². The van der Waals surface area contributed by atoms with Crippen LogP contribution < -0.4 is 11.1 Å². The van der Waals surface area contributed by atoms with Gasteiger partial charge in [0.2, 0.25) is 0 Å². The summed E-state index contributed by atoms with van der Waals surface area (Å²) in [6, 6.07) is 4.20. The summed E-state index contributed by atoms with van der Waals surface area (Å²) in [4.78, 5) is 6.69. The van der Waals surface area contributed by atoms with Gasteiger partial charge in [-0.2, -0.15) is 0 Å². The van der Waals surface area contributed by atoms with Crippen molar-refractivity contribution < 1.29 is 0 Å². The normalized spacial score (nSPS) is 12.5. The summed E-state index contributed by atoms with van der Waals surface area (Å²) in [5.41, 5.74) is 7.14. The van der Waals surface area contributed by atoms with Gasteiger partial charge >= 0.3 is 0 Å². The number of hydrogen-bond donors (Lipinski definition) is 2. The van der Waals surface area contributed by atoms with E-state index >= 15 is 0 Å². The van der Waals surface area contributed by atoms with Crippen molar-refractivity contribution in [1.82, 2.24) is 9.88 Å². The van der Waals surface area contributed by atoms with Crippen LogP contribution in [-0.2, 0) is 0 Å². The first-order valence-electron chi connectivity index (χ1n) is 5.66. The number of pyridine rings is 1. The summed E-state index contributed by atoms with van der Waals surface area (Å²) >= 11 is 4.85. The van der Waals surface area contributed by atoms with E-state index in [9.17, 15) is 0 Å². The van der Waals surface area contributed by atoms with Crippen molar-refractivity contribution in [2.24, 2.45) is 5.73 Å². The van der Waals surface area contributed by atoms with Crippen molar-refractivity contribution in [3.05, 3.63) is 24.0 Å². The smallest absolute Gasteiger partial charge is 0.122 e. The molecule has 4 nitrogen and oxygen atoms in total. The van der Waals surface area contributed by atoms with Crippen LogP contribution in [0.4, 0.5) is 5.69 Å². The van der Waals surface area contributed by atoms with Crippen molar-refractivity contribution in [1.29, 1.82) is 0 Å². The lowest BCUT2D eigenvalue weighted by atomic mass is 10.2. The molecule has 0 aromatic carbocycles. The lowest BCUT2D eigenvalue weighted by molar-refractivity contribution is 0.390. The third-order valence-corrected chi connectivity index (χ3v) is 2.65. The average molecular weight is 252 g/mol. The van der Waals surface area contributed by atoms with Gasteiger partial charge in [-0.25, -0.2) is 0 Å². The third-order valence-electron chi connectivity index (χ3n) is 2.44. The number of nitrogens with two attached hydrogens (primary N) is 1. The molecule has 5 heteroatoms. The summed E-state index contributed by atoms with van der Waals surface area (Å²) in [6.45, 7) is 3.22. The fraction of sp³-hybridized carbons (Fsp3) is 0.500. The molecule has 1 heterocycles. The Morgan fingerprint density at radius 3 is 2.71 bits per heavy atom. The summed E-state index contributed by atoms with van der Waals surface area (Å²) in [7, 11) is 4.15. The van der Waals surface area contributed by atoms with Gasteiger partial charge in [0.05, 0.1) is 17.6 Å². The van der Waals surface area contributed by atoms with Crippen LogP contribution in [0.1, 0.15) is 19.0 Å². The minimum absolute atomic E-state index is 0.331. The maximum absolute atomic E-state index is 5.49. The van der Waals surface area contributed by atoms with Gasteiger partial charge in [-0.05, 0) is 46.1 Å². The predicted molar refractivity (Wildman–Crippen MR) is 76.4 cm³/mol. The minimum atomic E-state index is 0.331. The zero-order valence-corrected chi connectivity index (χ0v) is 11.4. The quantitative estimate of drug-likeness (QED) is 0.751. The van der Waals surface area contributed by atoms with Crippen molar-refractivity contribution in [2.45, 2.75) is 19.4 Å². The molecule has 1 rings (SSSR count). The third kappa shape index (κ3) is 5.10. The molecule has 94 valence electrons. The number of nitrogens with zero attached hydrogens (tertiary/aromatic N) is 2. The molecule has 0 aliphatic carbocycles. The summed E-state index contributed by atoms with van der Waals surface area (Å²) in [6.07, 6.45) is 2.85. The minimum Gasteiger partial charge on any atom is -0.388 e. The van der Waals surface area contributed by atoms with E-state index in [2.05, 4.69) is 36.2 Å². The summed E-state index contributed by atoms with van der Waals surface area (Å²) < 4.78 is 0. The molecule has 0 radical (unpaired) electrons. The highest BCUT2D eigenvalue weighted by Gasteiger charge is 2.04. The van der Waals surface area contributed by atoms with Crippen LogP contribution in [-0.4, -0.2) is 41.6 Å². The average Bonchev–Trinajstić information content (AvgIpc) is 2.27. The van der Waals surface area contributed by atoms with Crippen LogP contribution in [0.15, 0.2) is 18.3 Å². The van der Waals surface area contributed by atoms with Gasteiger partial charge in [0.1, 0.15) is 4.99 Å². The Bertz CT molecular complexity index is 361. The molecular formula is C12H20N4S. The molecule has 0 aliphatic heterocycles. The van der Waals surface area contributed by atoms with Gasteiger partial charge in [0.25, 0.3) is 0 Å². The lowest BCUT2D eigenvalue weighted by Crippen LogP contribution is -2.23. The Morgan fingerprint density at radius 1 is 1.53 bits per heavy atom. The van der Waals surface area contributed by atoms with E-state index < -0.39 is 0 Å². The molecule has 1 aromatic rings. The predicted octanol–water partition coefficient (Wildman–Crippen LogP) is 1.47. The fourth-order valence-electron chi connectivity index (χ4n) is 1.43. The van der Waals surface area contributed by atoms with Crippen molar-refractivity contribution in [3.63, 3.8) is 0 Å². The van der Waals surface area contributed by atoms with Crippen molar-refractivity contribution >= 4 is 22.9 Å². The number of thiocarbonyl (C=S) groups is 1. The van der Waals surface area contributed by atoms with Crippen LogP contribution in [0.5, 0.6) is 0 Å². The molecule has 0 bridgehead atoms. The summed E-state index contributed by atoms with van der Waals surface area (Å²) in [5, 5.41) is 3.39. The number of aromatic nitrogens is 1. The van der Waals surface area contributed by atoms with Crippen LogP contribution in [0.3, 0.4) is 0 Å².